The van der Waals surface area contributed by atoms with Crippen LogP contribution in [-0.2, 0) is 13.5 Å². The Morgan fingerprint density at radius 2 is 2.11 bits per heavy atom. The average molecular weight is 264 g/mol. The van der Waals surface area contributed by atoms with E-state index in [-0.39, 0.29) is 5.91 Å². The molecule has 0 radical (unpaired) electrons. The summed E-state index contributed by atoms with van der Waals surface area (Å²) in [6.45, 7) is 0.589. The molecule has 1 aromatic heterocycles. The van der Waals surface area contributed by atoms with Gasteiger partial charge in [-0.3, -0.25) is 9.48 Å². The smallest absolute Gasteiger partial charge is 0.269 e. The van der Waals surface area contributed by atoms with Crippen LogP contribution in [0.25, 0.3) is 0 Å². The van der Waals surface area contributed by atoms with Crippen LogP contribution in [0.5, 0.6) is 0 Å². The first kappa shape index (κ1) is 12.6. The van der Waals surface area contributed by atoms with Gasteiger partial charge < -0.3 is 5.32 Å². The number of halogens is 1. The van der Waals surface area contributed by atoms with Gasteiger partial charge in [-0.2, -0.15) is 5.10 Å². The van der Waals surface area contributed by atoms with Crippen LogP contribution in [0.4, 0.5) is 0 Å². The number of rotatable bonds is 4. The number of nitrogens with zero attached hydrogens (tertiary/aromatic N) is 2. The fourth-order valence-electron chi connectivity index (χ4n) is 1.70. The van der Waals surface area contributed by atoms with Gasteiger partial charge in [-0.15, -0.1) is 0 Å². The maximum absolute atomic E-state index is 11.8. The minimum atomic E-state index is -0.159. The molecule has 4 nitrogen and oxygen atoms in total. The van der Waals surface area contributed by atoms with Crippen LogP contribution < -0.4 is 5.32 Å². The molecule has 0 spiro atoms. The van der Waals surface area contributed by atoms with E-state index < -0.39 is 0 Å². The van der Waals surface area contributed by atoms with Crippen LogP contribution in [-0.4, -0.2) is 22.2 Å². The number of hydrogen-bond donors (Lipinski definition) is 1. The fourth-order valence-corrected chi connectivity index (χ4v) is 1.92. The van der Waals surface area contributed by atoms with Gasteiger partial charge >= 0.3 is 0 Å². The molecule has 0 aliphatic rings. The predicted molar refractivity (Wildman–Crippen MR) is 70.7 cm³/mol. The molecule has 0 aliphatic carbocycles. The third kappa shape index (κ3) is 3.11. The number of amides is 1. The lowest BCUT2D eigenvalue weighted by Crippen LogP contribution is -2.27. The second-order valence-electron chi connectivity index (χ2n) is 3.97. The largest absolute Gasteiger partial charge is 0.350 e. The summed E-state index contributed by atoms with van der Waals surface area (Å²) in [6.07, 6.45) is 0.804. The lowest BCUT2D eigenvalue weighted by Gasteiger charge is -2.05. The lowest BCUT2D eigenvalue weighted by atomic mass is 10.1. The van der Waals surface area contributed by atoms with Crippen molar-refractivity contribution < 1.29 is 4.79 Å². The zero-order valence-corrected chi connectivity index (χ0v) is 10.8. The molecule has 1 N–H and O–H groups in total. The molecule has 0 saturated carbocycles. The van der Waals surface area contributed by atoms with Crippen LogP contribution in [0.3, 0.4) is 0 Å². The van der Waals surface area contributed by atoms with E-state index in [0.29, 0.717) is 17.4 Å². The first-order chi connectivity index (χ1) is 8.66. The van der Waals surface area contributed by atoms with E-state index in [1.54, 1.807) is 13.1 Å². The zero-order chi connectivity index (χ0) is 13.0. The van der Waals surface area contributed by atoms with Crippen molar-refractivity contribution in [1.82, 2.24) is 15.1 Å². The van der Waals surface area contributed by atoms with Crippen LogP contribution in [0.1, 0.15) is 16.1 Å². The summed E-state index contributed by atoms with van der Waals surface area (Å²) in [5.41, 5.74) is 1.66. The van der Waals surface area contributed by atoms with Gasteiger partial charge in [-0.05, 0) is 12.0 Å². The molecule has 94 valence electrons. The highest BCUT2D eigenvalue weighted by Gasteiger charge is 2.11. The number of benzene rings is 1. The van der Waals surface area contributed by atoms with Gasteiger partial charge in [-0.25, -0.2) is 0 Å². The molecular formula is C13H14ClN3O. The minimum absolute atomic E-state index is 0.159. The van der Waals surface area contributed by atoms with E-state index in [0.717, 1.165) is 6.42 Å². The summed E-state index contributed by atoms with van der Waals surface area (Å²) >= 11 is 5.73. The average Bonchev–Trinajstić information content (AvgIpc) is 2.70. The van der Waals surface area contributed by atoms with Crippen molar-refractivity contribution >= 4 is 17.5 Å². The Hall–Kier alpha value is -1.81. The van der Waals surface area contributed by atoms with Crippen molar-refractivity contribution in [3.8, 4) is 0 Å². The molecule has 18 heavy (non-hydrogen) atoms. The second-order valence-corrected chi connectivity index (χ2v) is 4.35. The Morgan fingerprint density at radius 3 is 2.72 bits per heavy atom. The number of hydrogen-bond acceptors (Lipinski definition) is 2. The first-order valence-corrected chi connectivity index (χ1v) is 6.06. The highest BCUT2D eigenvalue weighted by molar-refractivity contribution is 6.29. The van der Waals surface area contributed by atoms with Gasteiger partial charge in [0.1, 0.15) is 5.69 Å². The topological polar surface area (TPSA) is 46.9 Å². The van der Waals surface area contributed by atoms with Gasteiger partial charge in [0, 0.05) is 19.7 Å². The summed E-state index contributed by atoms with van der Waals surface area (Å²) < 4.78 is 1.47. The van der Waals surface area contributed by atoms with Gasteiger partial charge in [-0.1, -0.05) is 41.9 Å². The van der Waals surface area contributed by atoms with E-state index in [2.05, 4.69) is 10.4 Å². The predicted octanol–water partition coefficient (Wildman–Crippen LogP) is 2.05. The highest BCUT2D eigenvalue weighted by atomic mass is 35.5. The molecular weight excluding hydrogens is 250 g/mol. The second kappa shape index (κ2) is 5.69. The Balaban J connectivity index is 1.87. The Kier molecular flexibility index (Phi) is 3.99. The van der Waals surface area contributed by atoms with Gasteiger partial charge in [0.25, 0.3) is 5.91 Å². The minimum Gasteiger partial charge on any atom is -0.350 e. The molecule has 0 bridgehead atoms. The number of nitrogens with one attached hydrogen (secondary N) is 1. The van der Waals surface area contributed by atoms with Gasteiger partial charge in [0.05, 0.1) is 0 Å². The third-order valence-electron chi connectivity index (χ3n) is 2.62. The summed E-state index contributed by atoms with van der Waals surface area (Å²) in [5, 5.41) is 7.09. The number of carbonyl (C=O) groups excluding carboxylic acids is 1. The Morgan fingerprint density at radius 1 is 1.39 bits per heavy atom. The monoisotopic (exact) mass is 263 g/mol. The van der Waals surface area contributed by atoms with E-state index in [1.807, 2.05) is 30.3 Å². The fraction of sp³-hybridized carbons (Fsp3) is 0.231. The summed E-state index contributed by atoms with van der Waals surface area (Å²) in [4.78, 5) is 11.8. The van der Waals surface area contributed by atoms with Crippen molar-refractivity contribution in [1.29, 1.82) is 0 Å². The lowest BCUT2D eigenvalue weighted by molar-refractivity contribution is 0.0945. The normalized spacial score (nSPS) is 10.3. The van der Waals surface area contributed by atoms with E-state index in [4.69, 9.17) is 11.6 Å². The maximum atomic E-state index is 11.8. The zero-order valence-electron chi connectivity index (χ0n) is 10.1. The summed E-state index contributed by atoms with van der Waals surface area (Å²) in [7, 11) is 1.69. The van der Waals surface area contributed by atoms with Crippen LogP contribution in [0.2, 0.25) is 5.15 Å². The molecule has 5 heteroatoms. The summed E-state index contributed by atoms with van der Waals surface area (Å²) in [6, 6.07) is 11.6. The SMILES string of the molecule is Cn1nc(Cl)cc1C(=O)NCCc1ccccc1. The number of aromatic nitrogens is 2. The molecule has 0 unspecified atom stereocenters. The van der Waals surface area contributed by atoms with Gasteiger partial charge in [0.2, 0.25) is 0 Å². The Bertz CT molecular complexity index is 536. The quantitative estimate of drug-likeness (QED) is 0.918. The van der Waals surface area contributed by atoms with E-state index >= 15 is 0 Å². The summed E-state index contributed by atoms with van der Waals surface area (Å²) in [5.74, 6) is -0.159. The Labute approximate surface area is 111 Å². The van der Waals surface area contributed by atoms with Crippen molar-refractivity contribution in [2.24, 2.45) is 7.05 Å². The molecule has 1 aromatic carbocycles. The van der Waals surface area contributed by atoms with Crippen LogP contribution in [0.15, 0.2) is 36.4 Å². The van der Waals surface area contributed by atoms with E-state index in [9.17, 15) is 4.79 Å². The van der Waals surface area contributed by atoms with Crippen molar-refractivity contribution in [2.45, 2.75) is 6.42 Å². The van der Waals surface area contributed by atoms with Crippen LogP contribution >= 0.6 is 11.6 Å². The molecule has 2 rings (SSSR count). The third-order valence-corrected chi connectivity index (χ3v) is 2.81. The van der Waals surface area contributed by atoms with Crippen molar-refractivity contribution in [2.75, 3.05) is 6.54 Å². The molecule has 0 fully saturated rings. The molecule has 0 saturated heterocycles. The molecule has 1 heterocycles. The van der Waals surface area contributed by atoms with Gasteiger partial charge in [0.15, 0.2) is 5.15 Å². The molecule has 0 atom stereocenters. The van der Waals surface area contributed by atoms with Crippen molar-refractivity contribution in [3.05, 3.63) is 52.8 Å². The number of carbonyl (C=O) groups is 1. The first-order valence-electron chi connectivity index (χ1n) is 5.68. The molecule has 1 amide bonds. The maximum Gasteiger partial charge on any atom is 0.269 e. The standard InChI is InChI=1S/C13H14ClN3O/c1-17-11(9-12(14)16-17)13(18)15-8-7-10-5-3-2-4-6-10/h2-6,9H,7-8H2,1H3,(H,15,18). The van der Waals surface area contributed by atoms with Crippen LogP contribution in [0, 0.1) is 0 Å². The number of aryl methyl sites for hydroxylation is 1. The van der Waals surface area contributed by atoms with Crippen molar-refractivity contribution in [3.63, 3.8) is 0 Å². The van der Waals surface area contributed by atoms with E-state index in [1.165, 1.54) is 10.2 Å². The molecule has 2 aromatic rings. The highest BCUT2D eigenvalue weighted by Crippen LogP contribution is 2.08. The molecule has 0 aliphatic heterocycles.